The molecule has 1 aliphatic heterocycles. The Morgan fingerprint density at radius 3 is 2.25 bits per heavy atom. The van der Waals surface area contributed by atoms with Crippen LogP contribution >= 0.6 is 0 Å². The normalized spacial score (nSPS) is 16.2. The van der Waals surface area contributed by atoms with Crippen molar-refractivity contribution in [3.8, 4) is 0 Å². The first-order valence-electron chi connectivity index (χ1n) is 8.02. The van der Waals surface area contributed by atoms with Gasteiger partial charge in [0.15, 0.2) is 17.5 Å². The third kappa shape index (κ3) is 5.04. The third-order valence-electron chi connectivity index (χ3n) is 3.84. The molecule has 0 saturated carbocycles. The molecule has 0 atom stereocenters. The second kappa shape index (κ2) is 7.32. The Morgan fingerprint density at radius 2 is 1.75 bits per heavy atom. The molecule has 0 bridgehead atoms. The van der Waals surface area contributed by atoms with Crippen LogP contribution in [0.1, 0.15) is 33.6 Å². The topological polar surface area (TPSA) is 41.6 Å². The van der Waals surface area contributed by atoms with E-state index in [9.17, 15) is 18.0 Å². The quantitative estimate of drug-likeness (QED) is 0.837. The predicted octanol–water partition coefficient (Wildman–Crippen LogP) is 4.16. The summed E-state index contributed by atoms with van der Waals surface area (Å²) in [4.78, 5) is 13.6. The number of anilines is 1. The third-order valence-corrected chi connectivity index (χ3v) is 3.84. The van der Waals surface area contributed by atoms with Crippen LogP contribution < -0.4 is 5.32 Å². The van der Waals surface area contributed by atoms with Crippen LogP contribution in [0.4, 0.5) is 23.7 Å². The van der Waals surface area contributed by atoms with Gasteiger partial charge in [-0.2, -0.15) is 0 Å². The maximum atomic E-state index is 13.2. The Hall–Kier alpha value is -1.92. The number of likely N-dealkylation sites (tertiary alicyclic amines) is 1. The van der Waals surface area contributed by atoms with E-state index < -0.39 is 23.1 Å². The monoisotopic (exact) mass is 344 g/mol. The van der Waals surface area contributed by atoms with Gasteiger partial charge in [-0.15, -0.1) is 0 Å². The zero-order chi connectivity index (χ0) is 17.9. The number of hydrogen-bond donors (Lipinski definition) is 1. The lowest BCUT2D eigenvalue weighted by molar-refractivity contribution is 0.0188. The highest BCUT2D eigenvalue weighted by Crippen LogP contribution is 2.22. The summed E-state index contributed by atoms with van der Waals surface area (Å²) < 4.78 is 44.6. The molecule has 1 amide bonds. The van der Waals surface area contributed by atoms with Crippen LogP contribution in [-0.4, -0.2) is 36.2 Å². The van der Waals surface area contributed by atoms with E-state index in [2.05, 4.69) is 5.32 Å². The molecule has 1 N–H and O–H groups in total. The molecule has 0 aliphatic carbocycles. The number of piperidine rings is 1. The lowest BCUT2D eigenvalue weighted by atomic mass is 9.97. The van der Waals surface area contributed by atoms with Crippen molar-refractivity contribution in [3.63, 3.8) is 0 Å². The van der Waals surface area contributed by atoms with E-state index >= 15 is 0 Å². The Kier molecular flexibility index (Phi) is 5.62. The minimum atomic E-state index is -1.47. The smallest absolute Gasteiger partial charge is 0.410 e. The lowest BCUT2D eigenvalue weighted by Gasteiger charge is -2.33. The molecule has 1 saturated heterocycles. The molecule has 7 heteroatoms. The van der Waals surface area contributed by atoms with Crippen molar-refractivity contribution in [1.82, 2.24) is 4.90 Å². The zero-order valence-corrected chi connectivity index (χ0v) is 14.2. The van der Waals surface area contributed by atoms with E-state index in [1.807, 2.05) is 20.8 Å². The van der Waals surface area contributed by atoms with Gasteiger partial charge in [0.25, 0.3) is 0 Å². The largest absolute Gasteiger partial charge is 0.444 e. The number of amides is 1. The average Bonchev–Trinajstić information content (AvgIpc) is 2.49. The molecule has 1 aliphatic rings. The fourth-order valence-corrected chi connectivity index (χ4v) is 2.57. The van der Waals surface area contributed by atoms with Crippen molar-refractivity contribution in [2.45, 2.75) is 39.2 Å². The summed E-state index contributed by atoms with van der Waals surface area (Å²) in [5, 5.41) is 2.92. The number of nitrogens with one attached hydrogen (secondary N) is 1. The summed E-state index contributed by atoms with van der Waals surface area (Å²) in [5.41, 5.74) is -0.312. The molecular weight excluding hydrogens is 321 g/mol. The van der Waals surface area contributed by atoms with E-state index in [4.69, 9.17) is 4.74 Å². The number of rotatable bonds is 3. The van der Waals surface area contributed by atoms with Gasteiger partial charge in [-0.25, -0.2) is 18.0 Å². The first-order valence-corrected chi connectivity index (χ1v) is 8.02. The summed E-state index contributed by atoms with van der Waals surface area (Å²) in [6.07, 6.45) is 1.20. The van der Waals surface area contributed by atoms with Crippen LogP contribution in [0.3, 0.4) is 0 Å². The van der Waals surface area contributed by atoms with Crippen LogP contribution in [0.15, 0.2) is 12.1 Å². The number of hydrogen-bond acceptors (Lipinski definition) is 3. The number of ether oxygens (including phenoxy) is 1. The summed E-state index contributed by atoms with van der Waals surface area (Å²) in [7, 11) is 0. The van der Waals surface area contributed by atoms with E-state index in [0.29, 0.717) is 19.6 Å². The summed E-state index contributed by atoms with van der Waals surface area (Å²) in [5.74, 6) is -3.62. The molecule has 134 valence electrons. The van der Waals surface area contributed by atoms with Crippen molar-refractivity contribution >= 4 is 11.8 Å². The number of nitrogens with zero attached hydrogens (tertiary/aromatic N) is 1. The molecule has 0 aromatic heterocycles. The van der Waals surface area contributed by atoms with Gasteiger partial charge in [-0.1, -0.05) is 0 Å². The van der Waals surface area contributed by atoms with Crippen LogP contribution in [0.2, 0.25) is 0 Å². The fraction of sp³-hybridized carbons (Fsp3) is 0.588. The van der Waals surface area contributed by atoms with Crippen molar-refractivity contribution in [3.05, 3.63) is 29.6 Å². The molecule has 4 nitrogen and oxygen atoms in total. The van der Waals surface area contributed by atoms with Gasteiger partial charge >= 0.3 is 6.09 Å². The van der Waals surface area contributed by atoms with Crippen molar-refractivity contribution in [1.29, 1.82) is 0 Å². The Labute approximate surface area is 140 Å². The summed E-state index contributed by atoms with van der Waals surface area (Å²) in [6.45, 7) is 7.13. The molecule has 0 radical (unpaired) electrons. The maximum Gasteiger partial charge on any atom is 0.410 e. The van der Waals surface area contributed by atoms with Gasteiger partial charge in [0.2, 0.25) is 0 Å². The number of carbonyl (C=O) groups excluding carboxylic acids is 1. The summed E-state index contributed by atoms with van der Waals surface area (Å²) in [6, 6.07) is 1.88. The number of carbonyl (C=O) groups is 1. The van der Waals surface area contributed by atoms with Crippen molar-refractivity contribution < 1.29 is 22.7 Å². The average molecular weight is 344 g/mol. The lowest BCUT2D eigenvalue weighted by Crippen LogP contribution is -2.42. The minimum absolute atomic E-state index is 0.209. The maximum absolute atomic E-state index is 13.2. The van der Waals surface area contributed by atoms with Crippen molar-refractivity contribution in [2.24, 2.45) is 5.92 Å². The Bertz CT molecular complexity index is 571. The second-order valence-electron chi connectivity index (χ2n) is 7.05. The second-order valence-corrected chi connectivity index (χ2v) is 7.05. The molecule has 1 heterocycles. The van der Waals surface area contributed by atoms with E-state index in [-0.39, 0.29) is 17.7 Å². The Morgan fingerprint density at radius 1 is 1.21 bits per heavy atom. The fourth-order valence-electron chi connectivity index (χ4n) is 2.57. The molecule has 0 spiro atoms. The molecule has 0 unspecified atom stereocenters. The SMILES string of the molecule is CC(C)(C)OC(=O)N1CCC(CNc2cc(F)c(F)c(F)c2)CC1. The van der Waals surface area contributed by atoms with E-state index in [0.717, 1.165) is 25.0 Å². The molecule has 1 aromatic carbocycles. The predicted molar refractivity (Wildman–Crippen MR) is 85.3 cm³/mol. The summed E-state index contributed by atoms with van der Waals surface area (Å²) >= 11 is 0. The standard InChI is InChI=1S/C17H23F3N2O2/c1-17(2,3)24-16(23)22-6-4-11(5-7-22)10-21-12-8-13(18)15(20)14(19)9-12/h8-9,11,21H,4-7,10H2,1-3H3. The Balaban J connectivity index is 1.80. The van der Waals surface area contributed by atoms with Gasteiger partial charge in [-0.05, 0) is 39.5 Å². The minimum Gasteiger partial charge on any atom is -0.444 e. The highest BCUT2D eigenvalue weighted by Gasteiger charge is 2.26. The molecule has 24 heavy (non-hydrogen) atoms. The van der Waals surface area contributed by atoms with E-state index in [1.54, 1.807) is 4.90 Å². The number of halogens is 3. The van der Waals surface area contributed by atoms with E-state index in [1.165, 1.54) is 0 Å². The molecule has 1 aromatic rings. The molecule has 1 fully saturated rings. The molecular formula is C17H23F3N2O2. The van der Waals surface area contributed by atoms with Gasteiger partial charge in [0.05, 0.1) is 0 Å². The van der Waals surface area contributed by atoms with Gasteiger partial charge in [0.1, 0.15) is 5.60 Å². The van der Waals surface area contributed by atoms with Crippen LogP contribution in [-0.2, 0) is 4.74 Å². The van der Waals surface area contributed by atoms with Gasteiger partial charge in [-0.3, -0.25) is 0 Å². The number of benzene rings is 1. The van der Waals surface area contributed by atoms with Crippen LogP contribution in [0.25, 0.3) is 0 Å². The van der Waals surface area contributed by atoms with Gasteiger partial charge in [0, 0.05) is 37.5 Å². The highest BCUT2D eigenvalue weighted by atomic mass is 19.2. The van der Waals surface area contributed by atoms with Crippen LogP contribution in [0.5, 0.6) is 0 Å². The first kappa shape index (κ1) is 18.4. The first-order chi connectivity index (χ1) is 11.2. The van der Waals surface area contributed by atoms with Crippen molar-refractivity contribution in [2.75, 3.05) is 25.0 Å². The highest BCUT2D eigenvalue weighted by molar-refractivity contribution is 5.68. The van der Waals surface area contributed by atoms with Gasteiger partial charge < -0.3 is 15.0 Å². The zero-order valence-electron chi connectivity index (χ0n) is 14.2. The molecule has 2 rings (SSSR count). The van der Waals surface area contributed by atoms with Crippen LogP contribution in [0, 0.1) is 23.4 Å².